The fraction of sp³-hybridized carbons (Fsp3) is 0.333. The molecule has 2 aromatic rings. The molecule has 0 atom stereocenters. The smallest absolute Gasteiger partial charge is 0.262 e. The number of carbonyl (C=O) groups excluding carboxylic acids is 1. The van der Waals surface area contributed by atoms with E-state index in [4.69, 9.17) is 21.4 Å². The highest BCUT2D eigenvalue weighted by atomic mass is 35.5. The molecule has 25 heavy (non-hydrogen) atoms. The van der Waals surface area contributed by atoms with E-state index >= 15 is 0 Å². The number of para-hydroxylation sites is 1. The van der Waals surface area contributed by atoms with Crippen molar-refractivity contribution in [2.45, 2.75) is 19.3 Å². The number of ether oxygens (including phenoxy) is 1. The van der Waals surface area contributed by atoms with Gasteiger partial charge in [0, 0.05) is 13.2 Å². The van der Waals surface area contributed by atoms with E-state index < -0.39 is 0 Å². The number of rotatable bonds is 10. The minimum absolute atomic E-state index is 0.130. The molecule has 7 heteroatoms. The van der Waals surface area contributed by atoms with Crippen molar-refractivity contribution in [3.05, 3.63) is 47.6 Å². The Morgan fingerprint density at radius 1 is 1.16 bits per heavy atom. The maximum absolute atomic E-state index is 11.9. The van der Waals surface area contributed by atoms with Crippen LogP contribution in [0.4, 0.5) is 11.5 Å². The first-order valence-corrected chi connectivity index (χ1v) is 8.55. The van der Waals surface area contributed by atoms with E-state index in [2.05, 4.69) is 15.6 Å². The third-order valence-corrected chi connectivity index (χ3v) is 3.70. The first-order chi connectivity index (χ1) is 12.2. The number of carbonyl (C=O) groups is 1. The van der Waals surface area contributed by atoms with E-state index in [9.17, 15) is 4.79 Å². The molecule has 1 heterocycles. The first-order valence-electron chi connectivity index (χ1n) is 8.17. The Bertz CT molecular complexity index is 665. The van der Waals surface area contributed by atoms with Crippen LogP contribution in [-0.4, -0.2) is 35.8 Å². The largest absolute Gasteiger partial charge is 0.482 e. The molecule has 0 aliphatic rings. The molecule has 3 N–H and O–H groups in total. The van der Waals surface area contributed by atoms with E-state index in [1.165, 1.54) is 0 Å². The average Bonchev–Trinajstić information content (AvgIpc) is 2.62. The van der Waals surface area contributed by atoms with Gasteiger partial charge in [-0.05, 0) is 43.5 Å². The van der Waals surface area contributed by atoms with Crippen LogP contribution in [-0.2, 0) is 4.79 Å². The highest BCUT2D eigenvalue weighted by Gasteiger charge is 2.06. The Kier molecular flexibility index (Phi) is 8.01. The van der Waals surface area contributed by atoms with Gasteiger partial charge in [-0.2, -0.15) is 0 Å². The van der Waals surface area contributed by atoms with Gasteiger partial charge in [0.15, 0.2) is 6.61 Å². The molecular formula is C18H22ClN3O3. The highest BCUT2D eigenvalue weighted by molar-refractivity contribution is 6.32. The van der Waals surface area contributed by atoms with Crippen LogP contribution in [0.3, 0.4) is 0 Å². The normalized spacial score (nSPS) is 10.3. The lowest BCUT2D eigenvalue weighted by Crippen LogP contribution is -2.20. The van der Waals surface area contributed by atoms with E-state index in [0.29, 0.717) is 16.5 Å². The van der Waals surface area contributed by atoms with E-state index in [1.54, 1.807) is 42.6 Å². The fourth-order valence-corrected chi connectivity index (χ4v) is 2.29. The molecule has 2 rings (SSSR count). The van der Waals surface area contributed by atoms with Gasteiger partial charge >= 0.3 is 0 Å². The van der Waals surface area contributed by atoms with Crippen LogP contribution < -0.4 is 15.4 Å². The Labute approximate surface area is 152 Å². The molecule has 0 saturated carbocycles. The molecule has 1 aromatic carbocycles. The number of amides is 1. The number of aliphatic hydroxyl groups excluding tert-OH is 1. The van der Waals surface area contributed by atoms with E-state index in [0.717, 1.165) is 31.6 Å². The van der Waals surface area contributed by atoms with Crippen LogP contribution in [0.5, 0.6) is 5.75 Å². The third-order valence-electron chi connectivity index (χ3n) is 3.38. The molecule has 0 saturated heterocycles. The van der Waals surface area contributed by atoms with Crippen molar-refractivity contribution in [3.8, 4) is 5.75 Å². The minimum Gasteiger partial charge on any atom is -0.482 e. The Morgan fingerprint density at radius 2 is 2.00 bits per heavy atom. The Balaban J connectivity index is 1.73. The second-order valence-corrected chi connectivity index (χ2v) is 5.82. The van der Waals surface area contributed by atoms with Crippen molar-refractivity contribution < 1.29 is 14.6 Å². The number of hydrogen-bond acceptors (Lipinski definition) is 5. The summed E-state index contributed by atoms with van der Waals surface area (Å²) < 4.78 is 5.39. The number of benzene rings is 1. The Hall–Kier alpha value is -2.31. The van der Waals surface area contributed by atoms with Gasteiger partial charge in [0.25, 0.3) is 5.91 Å². The van der Waals surface area contributed by atoms with E-state index in [-0.39, 0.29) is 19.1 Å². The minimum atomic E-state index is -0.286. The van der Waals surface area contributed by atoms with Crippen molar-refractivity contribution in [2.24, 2.45) is 0 Å². The summed E-state index contributed by atoms with van der Waals surface area (Å²) in [5.74, 6) is 0.930. The van der Waals surface area contributed by atoms with Gasteiger partial charge in [-0.1, -0.05) is 23.7 Å². The summed E-state index contributed by atoms with van der Waals surface area (Å²) in [6.45, 7) is 0.895. The van der Waals surface area contributed by atoms with Crippen LogP contribution in [0.1, 0.15) is 19.3 Å². The summed E-state index contributed by atoms with van der Waals surface area (Å²) in [5, 5.41) is 15.1. The molecule has 134 valence electrons. The van der Waals surface area contributed by atoms with Gasteiger partial charge < -0.3 is 20.5 Å². The predicted molar refractivity (Wildman–Crippen MR) is 99.2 cm³/mol. The standard InChI is InChI=1S/C18H22ClN3O3/c19-15-6-2-3-7-16(15)25-13-18(24)22-14-8-9-17(21-12-14)20-10-4-1-5-11-23/h2-3,6-9,12,23H,1,4-5,10-11,13H2,(H,20,21)(H,22,24). The fourth-order valence-electron chi connectivity index (χ4n) is 2.10. The molecule has 0 bridgehead atoms. The Morgan fingerprint density at radius 3 is 2.72 bits per heavy atom. The van der Waals surface area contributed by atoms with Crippen molar-refractivity contribution in [3.63, 3.8) is 0 Å². The highest BCUT2D eigenvalue weighted by Crippen LogP contribution is 2.22. The van der Waals surface area contributed by atoms with Crippen LogP contribution in [0, 0.1) is 0 Å². The SMILES string of the molecule is O=C(COc1ccccc1Cl)Nc1ccc(NCCCCCO)nc1. The van der Waals surface area contributed by atoms with Gasteiger partial charge in [-0.3, -0.25) is 4.79 Å². The lowest BCUT2D eigenvalue weighted by atomic mass is 10.2. The number of nitrogens with one attached hydrogen (secondary N) is 2. The zero-order chi connectivity index (χ0) is 17.9. The lowest BCUT2D eigenvalue weighted by molar-refractivity contribution is -0.118. The van der Waals surface area contributed by atoms with Gasteiger partial charge in [0.05, 0.1) is 16.9 Å². The number of halogens is 1. The quantitative estimate of drug-likeness (QED) is 0.564. The molecular weight excluding hydrogens is 342 g/mol. The first kappa shape index (κ1) is 19.0. The topological polar surface area (TPSA) is 83.5 Å². The van der Waals surface area contributed by atoms with Gasteiger partial charge in [-0.25, -0.2) is 4.98 Å². The molecule has 0 aliphatic carbocycles. The molecule has 0 fully saturated rings. The molecule has 6 nitrogen and oxygen atoms in total. The van der Waals surface area contributed by atoms with E-state index in [1.807, 2.05) is 0 Å². The van der Waals surface area contributed by atoms with Crippen molar-refractivity contribution in [1.29, 1.82) is 0 Å². The van der Waals surface area contributed by atoms with Crippen molar-refractivity contribution >= 4 is 29.0 Å². The number of pyridine rings is 1. The number of unbranched alkanes of at least 4 members (excludes halogenated alkanes) is 2. The molecule has 0 radical (unpaired) electrons. The summed E-state index contributed by atoms with van der Waals surface area (Å²) in [6, 6.07) is 10.6. The van der Waals surface area contributed by atoms with Crippen molar-refractivity contribution in [2.75, 3.05) is 30.4 Å². The summed E-state index contributed by atoms with van der Waals surface area (Å²) in [6.07, 6.45) is 4.35. The number of aromatic nitrogens is 1. The van der Waals surface area contributed by atoms with Crippen LogP contribution in [0.2, 0.25) is 5.02 Å². The zero-order valence-electron chi connectivity index (χ0n) is 13.9. The maximum Gasteiger partial charge on any atom is 0.262 e. The second-order valence-electron chi connectivity index (χ2n) is 5.41. The second kappa shape index (κ2) is 10.5. The van der Waals surface area contributed by atoms with Gasteiger partial charge in [0.1, 0.15) is 11.6 Å². The zero-order valence-corrected chi connectivity index (χ0v) is 14.6. The maximum atomic E-state index is 11.9. The average molecular weight is 364 g/mol. The van der Waals surface area contributed by atoms with Crippen LogP contribution >= 0.6 is 11.6 Å². The van der Waals surface area contributed by atoms with Gasteiger partial charge in [0.2, 0.25) is 0 Å². The number of nitrogens with zero attached hydrogens (tertiary/aromatic N) is 1. The summed E-state index contributed by atoms with van der Waals surface area (Å²) >= 11 is 5.97. The molecule has 0 spiro atoms. The summed E-state index contributed by atoms with van der Waals surface area (Å²) in [7, 11) is 0. The monoisotopic (exact) mass is 363 g/mol. The molecule has 0 unspecified atom stereocenters. The lowest BCUT2D eigenvalue weighted by Gasteiger charge is -2.09. The predicted octanol–water partition coefficient (Wildman–Crippen LogP) is 3.33. The summed E-state index contributed by atoms with van der Waals surface area (Å²) in [4.78, 5) is 16.2. The van der Waals surface area contributed by atoms with Crippen LogP contribution in [0.25, 0.3) is 0 Å². The van der Waals surface area contributed by atoms with Crippen molar-refractivity contribution in [1.82, 2.24) is 4.98 Å². The number of hydrogen-bond donors (Lipinski definition) is 3. The number of anilines is 2. The molecule has 1 aromatic heterocycles. The summed E-state index contributed by atoms with van der Waals surface area (Å²) in [5.41, 5.74) is 0.596. The number of aliphatic hydroxyl groups is 1. The van der Waals surface area contributed by atoms with Crippen LogP contribution in [0.15, 0.2) is 42.6 Å². The van der Waals surface area contributed by atoms with Gasteiger partial charge in [-0.15, -0.1) is 0 Å². The molecule has 0 aliphatic heterocycles. The molecule has 1 amide bonds. The third kappa shape index (κ3) is 6.99.